The molecule has 0 bridgehead atoms. The molecule has 1 amide bonds. The maximum atomic E-state index is 12.0. The Bertz CT molecular complexity index is 364. The van der Waals surface area contributed by atoms with Gasteiger partial charge in [0.05, 0.1) is 12.2 Å². The molecular formula is C14H20N2O2. The maximum absolute atomic E-state index is 12.0. The van der Waals surface area contributed by atoms with Gasteiger partial charge in [-0.3, -0.25) is 4.79 Å². The molecule has 0 radical (unpaired) electrons. The van der Waals surface area contributed by atoms with Gasteiger partial charge in [0.25, 0.3) is 0 Å². The average molecular weight is 248 g/mol. The molecule has 2 aliphatic rings. The van der Waals surface area contributed by atoms with E-state index < -0.39 is 0 Å². The van der Waals surface area contributed by atoms with Gasteiger partial charge in [-0.25, -0.2) is 0 Å². The largest absolute Gasteiger partial charge is 0.376 e. The molecule has 2 fully saturated rings. The van der Waals surface area contributed by atoms with Crippen molar-refractivity contribution >= 4 is 5.91 Å². The van der Waals surface area contributed by atoms with Crippen LogP contribution in [0, 0.1) is 11.3 Å². The molecule has 2 saturated heterocycles. The van der Waals surface area contributed by atoms with Crippen molar-refractivity contribution in [2.75, 3.05) is 19.7 Å². The standard InChI is InChI=1S/C14H20N2O2/c15-8-6-12-4-5-14(17)16(9-7-12)11-13-3-1-2-10-18-13/h6,13H,1-5,7,9-11H2/b12-6-. The number of allylic oxidation sites excluding steroid dienone is 1. The van der Waals surface area contributed by atoms with E-state index in [1.807, 2.05) is 4.90 Å². The Labute approximate surface area is 108 Å². The van der Waals surface area contributed by atoms with Crippen molar-refractivity contribution in [2.45, 2.75) is 44.6 Å². The Kier molecular flexibility index (Phi) is 4.77. The van der Waals surface area contributed by atoms with E-state index in [2.05, 4.69) is 6.07 Å². The summed E-state index contributed by atoms with van der Waals surface area (Å²) >= 11 is 0. The van der Waals surface area contributed by atoms with Gasteiger partial charge in [-0.15, -0.1) is 0 Å². The van der Waals surface area contributed by atoms with E-state index in [-0.39, 0.29) is 12.0 Å². The van der Waals surface area contributed by atoms with E-state index in [1.54, 1.807) is 6.08 Å². The molecule has 0 aliphatic carbocycles. The van der Waals surface area contributed by atoms with E-state index in [0.29, 0.717) is 6.42 Å². The van der Waals surface area contributed by atoms with Gasteiger partial charge in [-0.1, -0.05) is 5.57 Å². The number of carbonyl (C=O) groups is 1. The minimum Gasteiger partial charge on any atom is -0.376 e. The molecule has 0 spiro atoms. The highest BCUT2D eigenvalue weighted by Gasteiger charge is 2.23. The molecule has 2 aliphatic heterocycles. The number of rotatable bonds is 2. The molecule has 0 N–H and O–H groups in total. The summed E-state index contributed by atoms with van der Waals surface area (Å²) in [6, 6.07) is 2.06. The molecule has 2 heterocycles. The number of hydrogen-bond acceptors (Lipinski definition) is 3. The van der Waals surface area contributed by atoms with Crippen LogP contribution in [0.25, 0.3) is 0 Å². The van der Waals surface area contributed by atoms with E-state index in [1.165, 1.54) is 6.42 Å². The van der Waals surface area contributed by atoms with Crippen LogP contribution >= 0.6 is 0 Å². The van der Waals surface area contributed by atoms with E-state index >= 15 is 0 Å². The number of ether oxygens (including phenoxy) is 1. The molecule has 0 saturated carbocycles. The van der Waals surface area contributed by atoms with Gasteiger partial charge in [-0.2, -0.15) is 5.26 Å². The van der Waals surface area contributed by atoms with Crippen molar-refractivity contribution in [3.63, 3.8) is 0 Å². The lowest BCUT2D eigenvalue weighted by molar-refractivity contribution is -0.133. The summed E-state index contributed by atoms with van der Waals surface area (Å²) in [5, 5.41) is 8.66. The fourth-order valence-corrected chi connectivity index (χ4v) is 2.58. The molecule has 98 valence electrons. The van der Waals surface area contributed by atoms with Crippen LogP contribution < -0.4 is 0 Å². The summed E-state index contributed by atoms with van der Waals surface area (Å²) in [7, 11) is 0. The zero-order valence-electron chi connectivity index (χ0n) is 10.7. The van der Waals surface area contributed by atoms with Crippen LogP contribution in [-0.4, -0.2) is 36.6 Å². The second-order valence-electron chi connectivity index (χ2n) is 5.01. The fraction of sp³-hybridized carbons (Fsp3) is 0.714. The Hall–Kier alpha value is -1.34. The van der Waals surface area contributed by atoms with Gasteiger partial charge in [0.15, 0.2) is 0 Å². The highest BCUT2D eigenvalue weighted by atomic mass is 16.5. The van der Waals surface area contributed by atoms with Crippen molar-refractivity contribution < 1.29 is 9.53 Å². The van der Waals surface area contributed by atoms with Crippen LogP contribution in [0.4, 0.5) is 0 Å². The number of nitrogens with zero attached hydrogens (tertiary/aromatic N) is 2. The predicted molar refractivity (Wildman–Crippen MR) is 67.7 cm³/mol. The fourth-order valence-electron chi connectivity index (χ4n) is 2.58. The Morgan fingerprint density at radius 3 is 3.00 bits per heavy atom. The minimum atomic E-state index is 0.200. The van der Waals surface area contributed by atoms with E-state index in [0.717, 1.165) is 51.0 Å². The third kappa shape index (κ3) is 3.58. The van der Waals surface area contributed by atoms with Crippen molar-refractivity contribution in [1.82, 2.24) is 4.90 Å². The topological polar surface area (TPSA) is 53.3 Å². The van der Waals surface area contributed by atoms with Gasteiger partial charge < -0.3 is 9.64 Å². The molecule has 0 aromatic carbocycles. The third-order valence-corrected chi connectivity index (χ3v) is 3.68. The van der Waals surface area contributed by atoms with Crippen LogP contribution in [0.5, 0.6) is 0 Å². The van der Waals surface area contributed by atoms with Crippen molar-refractivity contribution in [2.24, 2.45) is 0 Å². The highest BCUT2D eigenvalue weighted by Crippen LogP contribution is 2.20. The molecule has 18 heavy (non-hydrogen) atoms. The van der Waals surface area contributed by atoms with Crippen molar-refractivity contribution in [1.29, 1.82) is 5.26 Å². The maximum Gasteiger partial charge on any atom is 0.222 e. The van der Waals surface area contributed by atoms with Crippen LogP contribution in [-0.2, 0) is 9.53 Å². The first-order chi connectivity index (χ1) is 8.79. The lowest BCUT2D eigenvalue weighted by Gasteiger charge is -2.29. The summed E-state index contributed by atoms with van der Waals surface area (Å²) < 4.78 is 5.68. The van der Waals surface area contributed by atoms with E-state index in [9.17, 15) is 4.79 Å². The first-order valence-corrected chi connectivity index (χ1v) is 6.76. The van der Waals surface area contributed by atoms with Gasteiger partial charge in [0.1, 0.15) is 0 Å². The summed E-state index contributed by atoms with van der Waals surface area (Å²) in [6.45, 7) is 2.27. The first-order valence-electron chi connectivity index (χ1n) is 6.76. The van der Waals surface area contributed by atoms with Gasteiger partial charge in [-0.05, 0) is 32.1 Å². The third-order valence-electron chi connectivity index (χ3n) is 3.68. The second-order valence-corrected chi connectivity index (χ2v) is 5.01. The number of hydrogen-bond donors (Lipinski definition) is 0. The Morgan fingerprint density at radius 1 is 1.39 bits per heavy atom. The lowest BCUT2D eigenvalue weighted by atomic mass is 10.1. The van der Waals surface area contributed by atoms with Crippen LogP contribution in [0.1, 0.15) is 38.5 Å². The number of amides is 1. The number of carbonyl (C=O) groups excluding carboxylic acids is 1. The van der Waals surface area contributed by atoms with Crippen LogP contribution in [0.2, 0.25) is 0 Å². The minimum absolute atomic E-state index is 0.200. The zero-order chi connectivity index (χ0) is 12.8. The SMILES string of the molecule is N#C/C=C1/CCC(=O)N(CC2CCCCO2)CC1. The molecular weight excluding hydrogens is 228 g/mol. The Balaban J connectivity index is 1.89. The summed E-state index contributed by atoms with van der Waals surface area (Å²) in [5.41, 5.74) is 1.10. The molecule has 0 aromatic rings. The highest BCUT2D eigenvalue weighted by molar-refractivity contribution is 5.77. The normalized spacial score (nSPS) is 27.9. The number of nitriles is 1. The van der Waals surface area contributed by atoms with Crippen molar-refractivity contribution in [3.05, 3.63) is 11.6 Å². The van der Waals surface area contributed by atoms with Gasteiger partial charge >= 0.3 is 0 Å². The average Bonchev–Trinajstić information content (AvgIpc) is 2.56. The summed E-state index contributed by atoms with van der Waals surface area (Å²) in [5.74, 6) is 0.200. The lowest BCUT2D eigenvalue weighted by Crippen LogP contribution is -2.39. The quantitative estimate of drug-likeness (QED) is 0.702. The second kappa shape index (κ2) is 6.55. The van der Waals surface area contributed by atoms with Crippen molar-refractivity contribution in [3.8, 4) is 6.07 Å². The zero-order valence-corrected chi connectivity index (χ0v) is 10.7. The molecule has 2 rings (SSSR count). The smallest absolute Gasteiger partial charge is 0.222 e. The Morgan fingerprint density at radius 2 is 2.28 bits per heavy atom. The van der Waals surface area contributed by atoms with E-state index in [4.69, 9.17) is 10.00 Å². The molecule has 0 aromatic heterocycles. The number of likely N-dealkylation sites (tertiary alicyclic amines) is 1. The molecule has 4 nitrogen and oxygen atoms in total. The summed E-state index contributed by atoms with van der Waals surface area (Å²) in [6.07, 6.45) is 7.29. The molecule has 4 heteroatoms. The van der Waals surface area contributed by atoms with Gasteiger partial charge in [0.2, 0.25) is 5.91 Å². The molecule has 1 atom stereocenters. The monoisotopic (exact) mass is 248 g/mol. The van der Waals surface area contributed by atoms with Crippen LogP contribution in [0.3, 0.4) is 0 Å². The summed E-state index contributed by atoms with van der Waals surface area (Å²) in [4.78, 5) is 13.9. The first kappa shape index (κ1) is 13.1. The molecule has 1 unspecified atom stereocenters. The predicted octanol–water partition coefficient (Wildman–Crippen LogP) is 2.02. The van der Waals surface area contributed by atoms with Gasteiger partial charge in [0, 0.05) is 32.2 Å². The van der Waals surface area contributed by atoms with Crippen LogP contribution in [0.15, 0.2) is 11.6 Å².